The number of thioether (sulfide) groups is 1. The summed E-state index contributed by atoms with van der Waals surface area (Å²) in [5.74, 6) is 2.50. The highest BCUT2D eigenvalue weighted by atomic mass is 32.2. The Morgan fingerprint density at radius 1 is 1.21 bits per heavy atom. The molecule has 134 valence electrons. The van der Waals surface area contributed by atoms with Crippen LogP contribution in [0.2, 0.25) is 0 Å². The number of benzene rings is 1. The lowest BCUT2D eigenvalue weighted by Gasteiger charge is -2.25. The Balaban J connectivity index is 1.84. The summed E-state index contributed by atoms with van der Waals surface area (Å²) >= 11 is 1.80. The zero-order valence-corrected chi connectivity index (χ0v) is 15.7. The highest BCUT2D eigenvalue weighted by molar-refractivity contribution is 7.99. The maximum atomic E-state index is 12.3. The van der Waals surface area contributed by atoms with Crippen LogP contribution in [0.15, 0.2) is 35.3 Å². The topological polar surface area (TPSA) is 73.8 Å². The van der Waals surface area contributed by atoms with Gasteiger partial charge in [-0.1, -0.05) is 30.3 Å². The van der Waals surface area contributed by atoms with Gasteiger partial charge < -0.3 is 10.6 Å². The van der Waals surface area contributed by atoms with Crippen LogP contribution in [0, 0.1) is 0 Å². The number of nitrogens with zero attached hydrogens (tertiary/aromatic N) is 2. The fraction of sp³-hybridized carbons (Fsp3) is 0.562. The van der Waals surface area contributed by atoms with E-state index in [1.807, 2.05) is 37.3 Å². The molecule has 1 aliphatic rings. The first-order valence-corrected chi connectivity index (χ1v) is 11.0. The SMILES string of the molecule is CCNC(=NCc1ccccc1)NCCS(=O)(=O)N1CCSCC1. The molecule has 6 nitrogen and oxygen atoms in total. The monoisotopic (exact) mass is 370 g/mol. The van der Waals surface area contributed by atoms with E-state index in [1.165, 1.54) is 0 Å². The van der Waals surface area contributed by atoms with Gasteiger partial charge in [-0.2, -0.15) is 11.8 Å². The van der Waals surface area contributed by atoms with Crippen LogP contribution in [0.3, 0.4) is 0 Å². The second-order valence-electron chi connectivity index (χ2n) is 5.43. The zero-order valence-electron chi connectivity index (χ0n) is 14.1. The van der Waals surface area contributed by atoms with Crippen LogP contribution in [-0.4, -0.2) is 62.1 Å². The molecule has 1 heterocycles. The van der Waals surface area contributed by atoms with Gasteiger partial charge in [0.25, 0.3) is 0 Å². The van der Waals surface area contributed by atoms with Gasteiger partial charge in [0.1, 0.15) is 0 Å². The van der Waals surface area contributed by atoms with E-state index in [2.05, 4.69) is 15.6 Å². The number of nitrogens with one attached hydrogen (secondary N) is 2. The third kappa shape index (κ3) is 6.33. The smallest absolute Gasteiger partial charge is 0.215 e. The minimum Gasteiger partial charge on any atom is -0.357 e. The molecule has 0 unspecified atom stereocenters. The van der Waals surface area contributed by atoms with Crippen LogP contribution in [0.1, 0.15) is 12.5 Å². The second kappa shape index (κ2) is 9.90. The van der Waals surface area contributed by atoms with E-state index in [4.69, 9.17) is 0 Å². The van der Waals surface area contributed by atoms with E-state index in [0.717, 1.165) is 23.6 Å². The summed E-state index contributed by atoms with van der Waals surface area (Å²) in [6.45, 7) is 4.88. The lowest BCUT2D eigenvalue weighted by molar-refractivity contribution is 0.443. The summed E-state index contributed by atoms with van der Waals surface area (Å²) in [5, 5.41) is 6.26. The van der Waals surface area contributed by atoms with E-state index in [1.54, 1.807) is 16.1 Å². The third-order valence-corrected chi connectivity index (χ3v) is 6.44. The Kier molecular flexibility index (Phi) is 7.87. The van der Waals surface area contributed by atoms with Gasteiger partial charge in [-0.3, -0.25) is 0 Å². The summed E-state index contributed by atoms with van der Waals surface area (Å²) < 4.78 is 26.2. The van der Waals surface area contributed by atoms with Crippen LogP contribution in [0.5, 0.6) is 0 Å². The van der Waals surface area contributed by atoms with Crippen LogP contribution >= 0.6 is 11.8 Å². The first-order valence-electron chi connectivity index (χ1n) is 8.23. The molecule has 0 radical (unpaired) electrons. The van der Waals surface area contributed by atoms with Crippen LogP contribution in [-0.2, 0) is 16.6 Å². The van der Waals surface area contributed by atoms with Crippen molar-refractivity contribution in [3.05, 3.63) is 35.9 Å². The number of hydrogen-bond donors (Lipinski definition) is 2. The van der Waals surface area contributed by atoms with Crippen LogP contribution in [0.4, 0.5) is 0 Å². The largest absolute Gasteiger partial charge is 0.357 e. The molecule has 0 spiro atoms. The van der Waals surface area contributed by atoms with Crippen molar-refractivity contribution in [2.24, 2.45) is 4.99 Å². The molecule has 2 rings (SSSR count). The van der Waals surface area contributed by atoms with Gasteiger partial charge in [0.2, 0.25) is 10.0 Å². The van der Waals surface area contributed by atoms with Gasteiger partial charge >= 0.3 is 0 Å². The van der Waals surface area contributed by atoms with Gasteiger partial charge in [0.05, 0.1) is 12.3 Å². The van der Waals surface area contributed by atoms with Crippen molar-refractivity contribution in [1.29, 1.82) is 0 Å². The zero-order chi connectivity index (χ0) is 17.3. The Morgan fingerprint density at radius 3 is 2.58 bits per heavy atom. The van der Waals surface area contributed by atoms with Crippen molar-refractivity contribution in [3.63, 3.8) is 0 Å². The number of aliphatic imine (C=N–C) groups is 1. The maximum absolute atomic E-state index is 12.3. The molecule has 0 saturated carbocycles. The molecule has 1 aromatic carbocycles. The summed E-state index contributed by atoms with van der Waals surface area (Å²) in [6, 6.07) is 9.97. The summed E-state index contributed by atoms with van der Waals surface area (Å²) in [5.41, 5.74) is 1.12. The number of sulfonamides is 1. The van der Waals surface area contributed by atoms with Gasteiger partial charge in [0, 0.05) is 37.7 Å². The van der Waals surface area contributed by atoms with E-state index < -0.39 is 10.0 Å². The molecule has 1 fully saturated rings. The van der Waals surface area contributed by atoms with E-state index in [9.17, 15) is 8.42 Å². The predicted octanol–water partition coefficient (Wildman–Crippen LogP) is 1.12. The molecule has 0 atom stereocenters. The summed E-state index contributed by atoms with van der Waals surface area (Å²) in [7, 11) is -3.19. The second-order valence-corrected chi connectivity index (χ2v) is 8.75. The highest BCUT2D eigenvalue weighted by Gasteiger charge is 2.23. The van der Waals surface area contributed by atoms with Gasteiger partial charge in [-0.25, -0.2) is 17.7 Å². The normalized spacial score (nSPS) is 16.8. The van der Waals surface area contributed by atoms with Gasteiger partial charge in [0.15, 0.2) is 5.96 Å². The molecule has 1 saturated heterocycles. The molecular weight excluding hydrogens is 344 g/mol. The molecule has 1 aliphatic heterocycles. The molecule has 0 aliphatic carbocycles. The number of guanidine groups is 1. The van der Waals surface area contributed by atoms with Crippen molar-refractivity contribution in [2.45, 2.75) is 13.5 Å². The van der Waals surface area contributed by atoms with Crippen molar-refractivity contribution in [1.82, 2.24) is 14.9 Å². The maximum Gasteiger partial charge on any atom is 0.215 e. The Bertz CT molecular complexity index is 614. The quantitative estimate of drug-likeness (QED) is 0.556. The minimum absolute atomic E-state index is 0.0907. The van der Waals surface area contributed by atoms with E-state index >= 15 is 0 Å². The third-order valence-electron chi connectivity index (χ3n) is 3.62. The molecule has 0 amide bonds. The molecule has 8 heteroatoms. The lowest BCUT2D eigenvalue weighted by atomic mass is 10.2. The van der Waals surface area contributed by atoms with E-state index in [-0.39, 0.29) is 5.75 Å². The lowest BCUT2D eigenvalue weighted by Crippen LogP contribution is -2.44. The van der Waals surface area contributed by atoms with Crippen molar-refractivity contribution in [3.8, 4) is 0 Å². The molecule has 24 heavy (non-hydrogen) atoms. The molecule has 0 bridgehead atoms. The standard InChI is InChI=1S/C16H26N4O2S2/c1-2-17-16(19-14-15-6-4-3-5-7-15)18-8-13-24(21,22)20-9-11-23-12-10-20/h3-7H,2,8-14H2,1H3,(H2,17,18,19). The average Bonchev–Trinajstić information content (AvgIpc) is 2.61. The van der Waals surface area contributed by atoms with Crippen molar-refractivity contribution >= 4 is 27.7 Å². The van der Waals surface area contributed by atoms with E-state index in [0.29, 0.717) is 32.1 Å². The summed E-state index contributed by atoms with van der Waals surface area (Å²) in [4.78, 5) is 4.50. The Hall–Kier alpha value is -1.25. The van der Waals surface area contributed by atoms with Crippen LogP contribution in [0.25, 0.3) is 0 Å². The predicted molar refractivity (Wildman–Crippen MR) is 102 cm³/mol. The molecule has 2 N–H and O–H groups in total. The average molecular weight is 371 g/mol. The van der Waals surface area contributed by atoms with Crippen LogP contribution < -0.4 is 10.6 Å². The fourth-order valence-electron chi connectivity index (χ4n) is 2.35. The Morgan fingerprint density at radius 2 is 1.92 bits per heavy atom. The number of rotatable bonds is 7. The summed E-state index contributed by atoms with van der Waals surface area (Å²) in [6.07, 6.45) is 0. The minimum atomic E-state index is -3.19. The molecule has 1 aromatic rings. The first-order chi connectivity index (χ1) is 11.6. The first kappa shape index (κ1) is 19.1. The van der Waals surface area contributed by atoms with Crippen molar-refractivity contribution < 1.29 is 8.42 Å². The van der Waals surface area contributed by atoms with Gasteiger partial charge in [-0.15, -0.1) is 0 Å². The number of hydrogen-bond acceptors (Lipinski definition) is 4. The highest BCUT2D eigenvalue weighted by Crippen LogP contribution is 2.12. The molecular formula is C16H26N4O2S2. The Labute approximate surface area is 149 Å². The molecule has 0 aromatic heterocycles. The fourth-order valence-corrected chi connectivity index (χ4v) is 4.84. The van der Waals surface area contributed by atoms with Crippen molar-refractivity contribution in [2.75, 3.05) is 43.4 Å². The van der Waals surface area contributed by atoms with Gasteiger partial charge in [-0.05, 0) is 12.5 Å².